The van der Waals surface area contributed by atoms with E-state index in [0.29, 0.717) is 11.5 Å². The molecular formula is C16H33IN4O. The molecule has 0 spiro atoms. The average molecular weight is 424 g/mol. The van der Waals surface area contributed by atoms with Crippen molar-refractivity contribution in [2.45, 2.75) is 40.2 Å². The molecule has 6 heteroatoms. The van der Waals surface area contributed by atoms with E-state index in [2.05, 4.69) is 42.8 Å². The minimum absolute atomic E-state index is 0. The molecule has 2 rings (SSSR count). The van der Waals surface area contributed by atoms with Crippen molar-refractivity contribution in [1.29, 1.82) is 0 Å². The SMILES string of the molecule is CCNC(=NCC(C)N1CCOCC1)N1CCC(C)(C)C1.I. The second kappa shape index (κ2) is 9.27. The Hall–Kier alpha value is -0.0800. The number of guanidine groups is 1. The number of nitrogens with one attached hydrogen (secondary N) is 1. The highest BCUT2D eigenvalue weighted by molar-refractivity contribution is 14.0. The number of morpholine rings is 1. The molecule has 130 valence electrons. The molecule has 5 nitrogen and oxygen atoms in total. The van der Waals surface area contributed by atoms with Crippen LogP contribution in [0.2, 0.25) is 0 Å². The Bertz CT molecular complexity index is 356. The molecular weight excluding hydrogens is 391 g/mol. The first-order valence-corrected chi connectivity index (χ1v) is 8.37. The van der Waals surface area contributed by atoms with Crippen LogP contribution in [-0.4, -0.2) is 74.3 Å². The van der Waals surface area contributed by atoms with Gasteiger partial charge in [-0.25, -0.2) is 0 Å². The molecule has 1 N–H and O–H groups in total. The Morgan fingerprint density at radius 3 is 2.50 bits per heavy atom. The van der Waals surface area contributed by atoms with Gasteiger partial charge in [-0.1, -0.05) is 13.8 Å². The van der Waals surface area contributed by atoms with Gasteiger partial charge in [-0.05, 0) is 25.7 Å². The molecule has 2 aliphatic heterocycles. The maximum atomic E-state index is 5.42. The number of hydrogen-bond donors (Lipinski definition) is 1. The third-order valence-electron chi connectivity index (χ3n) is 4.49. The standard InChI is InChI=1S/C16H32N4O.HI/c1-5-17-15(20-7-6-16(3,4)13-20)18-12-14(2)19-8-10-21-11-9-19;/h14H,5-13H2,1-4H3,(H,17,18);1H. The lowest BCUT2D eigenvalue weighted by Crippen LogP contribution is -2.45. The monoisotopic (exact) mass is 424 g/mol. The van der Waals surface area contributed by atoms with E-state index >= 15 is 0 Å². The summed E-state index contributed by atoms with van der Waals surface area (Å²) in [5.41, 5.74) is 0.409. The van der Waals surface area contributed by atoms with Crippen LogP contribution in [-0.2, 0) is 4.74 Å². The van der Waals surface area contributed by atoms with E-state index in [1.54, 1.807) is 0 Å². The summed E-state index contributed by atoms with van der Waals surface area (Å²) >= 11 is 0. The highest BCUT2D eigenvalue weighted by Gasteiger charge is 2.31. The van der Waals surface area contributed by atoms with Crippen molar-refractivity contribution in [3.05, 3.63) is 0 Å². The maximum Gasteiger partial charge on any atom is 0.193 e. The molecule has 1 atom stereocenters. The van der Waals surface area contributed by atoms with Gasteiger partial charge in [-0.15, -0.1) is 24.0 Å². The third-order valence-corrected chi connectivity index (χ3v) is 4.49. The van der Waals surface area contributed by atoms with Crippen molar-refractivity contribution in [1.82, 2.24) is 15.1 Å². The molecule has 0 aromatic carbocycles. The van der Waals surface area contributed by atoms with Crippen LogP contribution in [0.3, 0.4) is 0 Å². The van der Waals surface area contributed by atoms with Crippen LogP contribution >= 0.6 is 24.0 Å². The molecule has 0 saturated carbocycles. The first-order chi connectivity index (χ1) is 10.0. The summed E-state index contributed by atoms with van der Waals surface area (Å²) in [6, 6.07) is 0.484. The number of likely N-dealkylation sites (tertiary alicyclic amines) is 1. The lowest BCUT2D eigenvalue weighted by molar-refractivity contribution is 0.0220. The van der Waals surface area contributed by atoms with Crippen LogP contribution in [0.25, 0.3) is 0 Å². The summed E-state index contributed by atoms with van der Waals surface area (Å²) < 4.78 is 5.42. The van der Waals surface area contributed by atoms with Crippen molar-refractivity contribution in [3.63, 3.8) is 0 Å². The second-order valence-corrected chi connectivity index (χ2v) is 7.03. The average Bonchev–Trinajstić information content (AvgIpc) is 2.84. The van der Waals surface area contributed by atoms with E-state index in [1.165, 1.54) is 6.42 Å². The Balaban J connectivity index is 0.00000242. The Morgan fingerprint density at radius 2 is 1.95 bits per heavy atom. The van der Waals surface area contributed by atoms with Crippen LogP contribution in [0.5, 0.6) is 0 Å². The van der Waals surface area contributed by atoms with Gasteiger partial charge in [-0.2, -0.15) is 0 Å². The van der Waals surface area contributed by atoms with Crippen LogP contribution in [0.1, 0.15) is 34.1 Å². The van der Waals surface area contributed by atoms with Crippen molar-refractivity contribution in [2.24, 2.45) is 10.4 Å². The highest BCUT2D eigenvalue weighted by Crippen LogP contribution is 2.28. The molecule has 1 unspecified atom stereocenters. The number of rotatable bonds is 4. The van der Waals surface area contributed by atoms with Gasteiger partial charge in [0.25, 0.3) is 0 Å². The summed E-state index contributed by atoms with van der Waals surface area (Å²) in [4.78, 5) is 9.77. The van der Waals surface area contributed by atoms with Crippen molar-refractivity contribution < 1.29 is 4.74 Å². The highest BCUT2D eigenvalue weighted by atomic mass is 127. The van der Waals surface area contributed by atoms with E-state index in [9.17, 15) is 0 Å². The molecule has 22 heavy (non-hydrogen) atoms. The topological polar surface area (TPSA) is 40.1 Å². The molecule has 0 aromatic heterocycles. The van der Waals surface area contributed by atoms with Gasteiger partial charge in [0.2, 0.25) is 0 Å². The second-order valence-electron chi connectivity index (χ2n) is 7.03. The van der Waals surface area contributed by atoms with E-state index in [4.69, 9.17) is 9.73 Å². The van der Waals surface area contributed by atoms with Gasteiger partial charge < -0.3 is 15.0 Å². The fourth-order valence-corrected chi connectivity index (χ4v) is 3.07. The van der Waals surface area contributed by atoms with Crippen molar-refractivity contribution in [3.8, 4) is 0 Å². The lowest BCUT2D eigenvalue weighted by Gasteiger charge is -2.32. The normalized spacial score (nSPS) is 24.0. The van der Waals surface area contributed by atoms with Gasteiger partial charge in [-0.3, -0.25) is 9.89 Å². The third kappa shape index (κ3) is 5.85. The minimum Gasteiger partial charge on any atom is -0.379 e. The maximum absolute atomic E-state index is 5.42. The number of nitrogens with zero attached hydrogens (tertiary/aromatic N) is 3. The van der Waals surface area contributed by atoms with Gasteiger partial charge in [0.1, 0.15) is 0 Å². The van der Waals surface area contributed by atoms with Crippen LogP contribution < -0.4 is 5.32 Å². The fraction of sp³-hybridized carbons (Fsp3) is 0.938. The Kier molecular flexibility index (Phi) is 8.42. The van der Waals surface area contributed by atoms with Crippen molar-refractivity contribution in [2.75, 3.05) is 52.5 Å². The van der Waals surface area contributed by atoms with E-state index in [0.717, 1.165) is 58.4 Å². The van der Waals surface area contributed by atoms with Gasteiger partial charge >= 0.3 is 0 Å². The smallest absolute Gasteiger partial charge is 0.193 e. The molecule has 0 radical (unpaired) electrons. The minimum atomic E-state index is 0. The zero-order valence-electron chi connectivity index (χ0n) is 14.6. The van der Waals surface area contributed by atoms with Gasteiger partial charge in [0.15, 0.2) is 5.96 Å². The number of halogens is 1. The Labute approximate surface area is 152 Å². The van der Waals surface area contributed by atoms with E-state index in [1.807, 2.05) is 0 Å². The predicted octanol–water partition coefficient (Wildman–Crippen LogP) is 2.02. The Morgan fingerprint density at radius 1 is 1.27 bits per heavy atom. The van der Waals surface area contributed by atoms with Crippen LogP contribution in [0, 0.1) is 5.41 Å². The van der Waals surface area contributed by atoms with E-state index in [-0.39, 0.29) is 24.0 Å². The molecule has 0 bridgehead atoms. The van der Waals surface area contributed by atoms with Crippen molar-refractivity contribution >= 4 is 29.9 Å². The summed E-state index contributed by atoms with van der Waals surface area (Å²) in [5, 5.41) is 3.45. The number of aliphatic imine (C=N–C) groups is 1. The molecule has 2 fully saturated rings. The molecule has 0 aliphatic carbocycles. The summed E-state index contributed by atoms with van der Waals surface area (Å²) in [5.74, 6) is 1.09. The largest absolute Gasteiger partial charge is 0.379 e. The first-order valence-electron chi connectivity index (χ1n) is 8.37. The summed E-state index contributed by atoms with van der Waals surface area (Å²) in [6.07, 6.45) is 1.25. The summed E-state index contributed by atoms with van der Waals surface area (Å²) in [6.45, 7) is 16.9. The van der Waals surface area contributed by atoms with Gasteiger partial charge in [0.05, 0.1) is 19.8 Å². The summed E-state index contributed by atoms with van der Waals surface area (Å²) in [7, 11) is 0. The predicted molar refractivity (Wildman–Crippen MR) is 103 cm³/mol. The first kappa shape index (κ1) is 20.0. The lowest BCUT2D eigenvalue weighted by atomic mass is 9.93. The fourth-order valence-electron chi connectivity index (χ4n) is 3.07. The van der Waals surface area contributed by atoms with Gasteiger partial charge in [0, 0.05) is 38.8 Å². The van der Waals surface area contributed by atoms with Crippen LogP contribution in [0.15, 0.2) is 4.99 Å². The van der Waals surface area contributed by atoms with E-state index < -0.39 is 0 Å². The zero-order chi connectivity index (χ0) is 15.3. The quantitative estimate of drug-likeness (QED) is 0.426. The number of ether oxygens (including phenoxy) is 1. The molecule has 0 amide bonds. The molecule has 2 heterocycles. The number of hydrogen-bond acceptors (Lipinski definition) is 3. The zero-order valence-corrected chi connectivity index (χ0v) is 16.9. The molecule has 2 aliphatic rings. The molecule has 2 saturated heterocycles. The molecule has 0 aromatic rings. The van der Waals surface area contributed by atoms with Crippen LogP contribution in [0.4, 0.5) is 0 Å².